The van der Waals surface area contributed by atoms with Crippen LogP contribution in [0.4, 0.5) is 0 Å². The van der Waals surface area contributed by atoms with Crippen LogP contribution < -0.4 is 10.9 Å². The van der Waals surface area contributed by atoms with Gasteiger partial charge in [-0.05, 0) is 25.0 Å². The van der Waals surface area contributed by atoms with E-state index in [1.165, 1.54) is 10.9 Å². The molecule has 0 aliphatic heterocycles. The van der Waals surface area contributed by atoms with Crippen molar-refractivity contribution in [3.8, 4) is 0 Å². The average molecular weight is 339 g/mol. The molecule has 8 nitrogen and oxygen atoms in total. The summed E-state index contributed by atoms with van der Waals surface area (Å²) in [5.41, 5.74) is 0.445. The number of nitrogens with one attached hydrogen (secondary N) is 1. The van der Waals surface area contributed by atoms with Gasteiger partial charge in [-0.15, -0.1) is 0 Å². The molecule has 0 unspecified atom stereocenters. The highest BCUT2D eigenvalue weighted by Crippen LogP contribution is 2.18. The molecule has 0 atom stereocenters. The van der Waals surface area contributed by atoms with Gasteiger partial charge in [0.05, 0.1) is 23.8 Å². The van der Waals surface area contributed by atoms with Gasteiger partial charge in [0, 0.05) is 6.04 Å². The molecule has 1 amide bonds. The van der Waals surface area contributed by atoms with Crippen LogP contribution in [0.3, 0.4) is 0 Å². The van der Waals surface area contributed by atoms with E-state index in [0.29, 0.717) is 10.9 Å². The first kappa shape index (κ1) is 15.5. The van der Waals surface area contributed by atoms with Crippen LogP contribution in [0.2, 0.25) is 0 Å². The first-order valence-electron chi connectivity index (χ1n) is 8.28. The number of nitrogens with zero attached hydrogens (tertiary/aromatic N) is 4. The summed E-state index contributed by atoms with van der Waals surface area (Å²) in [5.74, 6) is -0.186. The molecule has 8 heteroatoms. The predicted octanol–water partition coefficient (Wildman–Crippen LogP) is 1.50. The first-order valence-corrected chi connectivity index (χ1v) is 8.28. The molecule has 25 heavy (non-hydrogen) atoms. The van der Waals surface area contributed by atoms with Crippen molar-refractivity contribution in [1.82, 2.24) is 25.0 Å². The fourth-order valence-electron chi connectivity index (χ4n) is 3.10. The third-order valence-electron chi connectivity index (χ3n) is 4.40. The smallest absolute Gasteiger partial charge is 0.316 e. The zero-order valence-electron chi connectivity index (χ0n) is 13.5. The van der Waals surface area contributed by atoms with E-state index in [1.807, 2.05) is 6.07 Å². The van der Waals surface area contributed by atoms with Gasteiger partial charge in [-0.25, -0.2) is 4.98 Å². The number of hydrogen-bond donors (Lipinski definition) is 1. The number of carbonyl (C=O) groups excluding carboxylic acids is 1. The molecule has 1 aliphatic carbocycles. The van der Waals surface area contributed by atoms with Crippen LogP contribution in [0.1, 0.15) is 42.2 Å². The second-order valence-corrected chi connectivity index (χ2v) is 6.17. The lowest BCUT2D eigenvalue weighted by Crippen LogP contribution is -2.32. The van der Waals surface area contributed by atoms with Gasteiger partial charge in [-0.2, -0.15) is 4.98 Å². The third-order valence-corrected chi connectivity index (χ3v) is 4.40. The predicted molar refractivity (Wildman–Crippen MR) is 89.1 cm³/mol. The fraction of sp³-hybridized carbons (Fsp3) is 0.353. The van der Waals surface area contributed by atoms with E-state index in [4.69, 9.17) is 4.52 Å². The van der Waals surface area contributed by atoms with Gasteiger partial charge in [0.15, 0.2) is 5.82 Å². The molecule has 1 N–H and O–H groups in total. The number of aromatic nitrogens is 4. The first-order chi connectivity index (χ1) is 12.2. The summed E-state index contributed by atoms with van der Waals surface area (Å²) < 4.78 is 6.42. The minimum atomic E-state index is -0.366. The van der Waals surface area contributed by atoms with E-state index < -0.39 is 0 Å². The van der Waals surface area contributed by atoms with Gasteiger partial charge in [0.25, 0.3) is 5.56 Å². The van der Waals surface area contributed by atoms with Crippen molar-refractivity contribution < 1.29 is 9.32 Å². The van der Waals surface area contributed by atoms with Crippen molar-refractivity contribution in [2.24, 2.45) is 0 Å². The van der Waals surface area contributed by atoms with Crippen molar-refractivity contribution in [1.29, 1.82) is 0 Å². The van der Waals surface area contributed by atoms with E-state index in [1.54, 1.807) is 18.2 Å². The monoisotopic (exact) mass is 339 g/mol. The molecule has 2 heterocycles. The highest BCUT2D eigenvalue weighted by molar-refractivity contribution is 5.89. The Hall–Kier alpha value is -3.03. The topological polar surface area (TPSA) is 103 Å². The van der Waals surface area contributed by atoms with Crippen LogP contribution >= 0.6 is 0 Å². The van der Waals surface area contributed by atoms with Crippen LogP contribution in [-0.4, -0.2) is 31.6 Å². The molecular formula is C17H17N5O3. The lowest BCUT2D eigenvalue weighted by atomic mass is 10.2. The Kier molecular flexibility index (Phi) is 4.01. The summed E-state index contributed by atoms with van der Waals surface area (Å²) >= 11 is 0. The fourth-order valence-corrected chi connectivity index (χ4v) is 3.10. The van der Waals surface area contributed by atoms with Gasteiger partial charge in [-0.3, -0.25) is 14.2 Å². The summed E-state index contributed by atoms with van der Waals surface area (Å²) in [4.78, 5) is 32.9. The zero-order chi connectivity index (χ0) is 17.2. The van der Waals surface area contributed by atoms with E-state index in [0.717, 1.165) is 25.7 Å². The second-order valence-electron chi connectivity index (χ2n) is 6.17. The number of hydrogen-bond acceptors (Lipinski definition) is 6. The van der Waals surface area contributed by atoms with Crippen LogP contribution in [-0.2, 0) is 6.54 Å². The van der Waals surface area contributed by atoms with Crippen LogP contribution in [0.15, 0.2) is 39.9 Å². The molecule has 1 aromatic carbocycles. The van der Waals surface area contributed by atoms with Crippen molar-refractivity contribution in [3.05, 3.63) is 52.7 Å². The van der Waals surface area contributed by atoms with Crippen molar-refractivity contribution >= 4 is 16.8 Å². The summed E-state index contributed by atoms with van der Waals surface area (Å²) in [6, 6.07) is 7.29. The van der Waals surface area contributed by atoms with E-state index in [2.05, 4.69) is 20.4 Å². The Labute approximate surface area is 142 Å². The number of benzene rings is 1. The lowest BCUT2D eigenvalue weighted by Gasteiger charge is -2.08. The van der Waals surface area contributed by atoms with Crippen molar-refractivity contribution in [3.63, 3.8) is 0 Å². The van der Waals surface area contributed by atoms with E-state index in [9.17, 15) is 9.59 Å². The maximum Gasteiger partial charge on any atom is 0.316 e. The lowest BCUT2D eigenvalue weighted by molar-refractivity contribution is 0.0893. The quantitative estimate of drug-likeness (QED) is 0.773. The van der Waals surface area contributed by atoms with Gasteiger partial charge in [-0.1, -0.05) is 30.1 Å². The van der Waals surface area contributed by atoms with Crippen molar-refractivity contribution in [2.45, 2.75) is 38.3 Å². The maximum atomic E-state index is 12.5. The van der Waals surface area contributed by atoms with Crippen molar-refractivity contribution in [2.75, 3.05) is 0 Å². The number of para-hydroxylation sites is 1. The second kappa shape index (κ2) is 6.46. The molecule has 1 fully saturated rings. The highest BCUT2D eigenvalue weighted by atomic mass is 16.5. The average Bonchev–Trinajstić information content (AvgIpc) is 3.29. The van der Waals surface area contributed by atoms with Gasteiger partial charge in [0.2, 0.25) is 0 Å². The Morgan fingerprint density at radius 3 is 2.92 bits per heavy atom. The minimum absolute atomic E-state index is 0.0799. The van der Waals surface area contributed by atoms with Gasteiger partial charge in [0.1, 0.15) is 0 Å². The summed E-state index contributed by atoms with van der Waals surface area (Å²) in [7, 11) is 0. The largest absolute Gasteiger partial charge is 0.345 e. The molecule has 1 saturated carbocycles. The number of carbonyl (C=O) groups is 1. The van der Waals surface area contributed by atoms with Crippen LogP contribution in [0.5, 0.6) is 0 Å². The molecule has 4 rings (SSSR count). The number of fused-ring (bicyclic) bond motifs is 1. The molecule has 0 radical (unpaired) electrons. The zero-order valence-corrected chi connectivity index (χ0v) is 13.5. The highest BCUT2D eigenvalue weighted by Gasteiger charge is 2.22. The molecule has 128 valence electrons. The summed E-state index contributed by atoms with van der Waals surface area (Å²) in [6.45, 7) is 0.0941. The molecule has 3 aromatic rings. The molecule has 0 saturated heterocycles. The minimum Gasteiger partial charge on any atom is -0.345 e. The Morgan fingerprint density at radius 1 is 1.28 bits per heavy atom. The summed E-state index contributed by atoms with van der Waals surface area (Å²) in [6.07, 6.45) is 5.64. The van der Waals surface area contributed by atoms with E-state index >= 15 is 0 Å². The summed E-state index contributed by atoms with van der Waals surface area (Å²) in [5, 5.41) is 7.21. The molecule has 0 bridgehead atoms. The van der Waals surface area contributed by atoms with Crippen LogP contribution in [0.25, 0.3) is 10.9 Å². The molecule has 0 spiro atoms. The maximum absolute atomic E-state index is 12.5. The Morgan fingerprint density at radius 2 is 2.08 bits per heavy atom. The molecule has 1 aliphatic rings. The molecule has 2 aromatic heterocycles. The standard InChI is InChI=1S/C17H17N5O3/c23-15(19-11-5-1-2-6-11)16-20-14(21-25-16)9-22-10-18-13-8-4-3-7-12(13)17(22)24/h3-4,7-8,10-11H,1-2,5-6,9H2,(H,19,23). The number of amides is 1. The normalized spacial score (nSPS) is 14.9. The molecular weight excluding hydrogens is 322 g/mol. The Bertz CT molecular complexity index is 972. The third kappa shape index (κ3) is 3.15. The van der Waals surface area contributed by atoms with Crippen LogP contribution in [0, 0.1) is 0 Å². The Balaban J connectivity index is 1.52. The number of rotatable bonds is 4. The van der Waals surface area contributed by atoms with Gasteiger partial charge >= 0.3 is 11.8 Å². The van der Waals surface area contributed by atoms with E-state index in [-0.39, 0.29) is 35.8 Å². The SMILES string of the molecule is O=C(NC1CCCC1)c1nc(Cn2cnc3ccccc3c2=O)no1. The van der Waals surface area contributed by atoms with Gasteiger partial charge < -0.3 is 9.84 Å².